The molecule has 0 atom stereocenters. The fourth-order valence-electron chi connectivity index (χ4n) is 2.52. The van der Waals surface area contributed by atoms with Gasteiger partial charge in [0.2, 0.25) is 0 Å². The zero-order chi connectivity index (χ0) is 16.9. The number of nitrogens with zero attached hydrogens (tertiary/aromatic N) is 2. The molecule has 24 heavy (non-hydrogen) atoms. The predicted molar refractivity (Wildman–Crippen MR) is 86.6 cm³/mol. The lowest BCUT2D eigenvalue weighted by Crippen LogP contribution is -2.39. The Labute approximate surface area is 139 Å². The third kappa shape index (κ3) is 3.91. The maximum Gasteiger partial charge on any atom is 0.298 e. The summed E-state index contributed by atoms with van der Waals surface area (Å²) in [6.07, 6.45) is 5.13. The first-order valence-corrected chi connectivity index (χ1v) is 7.98. The molecule has 1 heterocycles. The fraction of sp³-hybridized carbons (Fsp3) is 0.412. The molecule has 1 aromatic carbocycles. The van der Waals surface area contributed by atoms with Gasteiger partial charge in [0.1, 0.15) is 18.6 Å². The number of anilines is 1. The summed E-state index contributed by atoms with van der Waals surface area (Å²) in [5, 5.41) is 6.24. The molecule has 0 unspecified atom stereocenters. The SMILES string of the molecule is CN(CCOc1cnoc1C(=O)Nc1ccc(F)cc1)C1CCC1. The van der Waals surface area contributed by atoms with Crippen LogP contribution in [-0.2, 0) is 0 Å². The number of amides is 1. The maximum absolute atomic E-state index is 12.9. The van der Waals surface area contributed by atoms with Crippen LogP contribution in [0.1, 0.15) is 29.8 Å². The van der Waals surface area contributed by atoms with E-state index in [-0.39, 0.29) is 11.6 Å². The van der Waals surface area contributed by atoms with Gasteiger partial charge in [-0.2, -0.15) is 0 Å². The van der Waals surface area contributed by atoms with Crippen molar-refractivity contribution in [2.45, 2.75) is 25.3 Å². The Hall–Kier alpha value is -2.41. The van der Waals surface area contributed by atoms with E-state index in [9.17, 15) is 9.18 Å². The van der Waals surface area contributed by atoms with Crippen LogP contribution < -0.4 is 10.1 Å². The second-order valence-corrected chi connectivity index (χ2v) is 5.89. The van der Waals surface area contributed by atoms with Crippen molar-refractivity contribution in [1.29, 1.82) is 0 Å². The first kappa shape index (κ1) is 16.4. The van der Waals surface area contributed by atoms with Gasteiger partial charge in [-0.1, -0.05) is 11.6 Å². The van der Waals surface area contributed by atoms with Crippen molar-refractivity contribution in [2.24, 2.45) is 0 Å². The van der Waals surface area contributed by atoms with Crippen molar-refractivity contribution in [1.82, 2.24) is 10.1 Å². The topological polar surface area (TPSA) is 67.6 Å². The number of rotatable bonds is 7. The van der Waals surface area contributed by atoms with Gasteiger partial charge in [0.15, 0.2) is 5.75 Å². The lowest BCUT2D eigenvalue weighted by Gasteiger charge is -2.34. The summed E-state index contributed by atoms with van der Waals surface area (Å²) >= 11 is 0. The van der Waals surface area contributed by atoms with Crippen LogP contribution in [0.4, 0.5) is 10.1 Å². The number of carbonyl (C=O) groups is 1. The first-order chi connectivity index (χ1) is 11.6. The minimum atomic E-state index is -0.485. The number of aromatic nitrogens is 1. The van der Waals surface area contributed by atoms with Gasteiger partial charge in [0.25, 0.3) is 11.7 Å². The molecule has 7 heteroatoms. The highest BCUT2D eigenvalue weighted by Gasteiger charge is 2.22. The van der Waals surface area contributed by atoms with E-state index in [4.69, 9.17) is 9.26 Å². The number of benzene rings is 1. The Balaban J connectivity index is 1.53. The highest BCUT2D eigenvalue weighted by atomic mass is 19.1. The van der Waals surface area contributed by atoms with Crippen LogP contribution in [0.3, 0.4) is 0 Å². The van der Waals surface area contributed by atoms with E-state index in [2.05, 4.69) is 22.4 Å². The van der Waals surface area contributed by atoms with E-state index < -0.39 is 5.91 Å². The van der Waals surface area contributed by atoms with Crippen LogP contribution in [-0.4, -0.2) is 42.2 Å². The molecule has 0 radical (unpaired) electrons. The minimum Gasteiger partial charge on any atom is -0.486 e. The summed E-state index contributed by atoms with van der Waals surface area (Å²) in [7, 11) is 2.07. The van der Waals surface area contributed by atoms with Gasteiger partial charge in [0, 0.05) is 18.3 Å². The van der Waals surface area contributed by atoms with Gasteiger partial charge < -0.3 is 19.5 Å². The molecule has 1 fully saturated rings. The molecule has 6 nitrogen and oxygen atoms in total. The molecule has 1 aliphatic rings. The molecule has 1 aliphatic carbocycles. The van der Waals surface area contributed by atoms with Crippen LogP contribution in [0.5, 0.6) is 5.75 Å². The van der Waals surface area contributed by atoms with Crippen LogP contribution in [0.2, 0.25) is 0 Å². The average Bonchev–Trinajstić information content (AvgIpc) is 2.96. The third-order valence-electron chi connectivity index (χ3n) is 4.25. The van der Waals surface area contributed by atoms with E-state index in [1.54, 1.807) is 0 Å². The zero-order valence-corrected chi connectivity index (χ0v) is 13.5. The average molecular weight is 333 g/mol. The molecule has 0 spiro atoms. The lowest BCUT2D eigenvalue weighted by atomic mass is 9.92. The maximum atomic E-state index is 12.9. The van der Waals surface area contributed by atoms with Crippen LogP contribution in [0.25, 0.3) is 0 Å². The summed E-state index contributed by atoms with van der Waals surface area (Å²) in [5.41, 5.74) is 0.466. The smallest absolute Gasteiger partial charge is 0.298 e. The number of carbonyl (C=O) groups excluding carboxylic acids is 1. The molecule has 1 aromatic heterocycles. The van der Waals surface area contributed by atoms with Gasteiger partial charge in [-0.3, -0.25) is 4.79 Å². The predicted octanol–water partition coefficient (Wildman–Crippen LogP) is 2.93. The van der Waals surface area contributed by atoms with Crippen molar-refractivity contribution < 1.29 is 18.4 Å². The molecule has 0 bridgehead atoms. The van der Waals surface area contributed by atoms with Gasteiger partial charge in [-0.25, -0.2) is 4.39 Å². The second kappa shape index (κ2) is 7.44. The standard InChI is InChI=1S/C17H20FN3O3/c1-21(14-3-2-4-14)9-10-23-15-11-19-24-16(15)17(22)20-13-7-5-12(18)6-8-13/h5-8,11,14H,2-4,9-10H2,1H3,(H,20,22). The molecule has 0 saturated heterocycles. The minimum absolute atomic E-state index is 0.00521. The number of halogens is 1. The second-order valence-electron chi connectivity index (χ2n) is 5.89. The Kier molecular flexibility index (Phi) is 5.10. The molecule has 3 rings (SSSR count). The van der Waals surface area contributed by atoms with E-state index in [0.717, 1.165) is 6.54 Å². The van der Waals surface area contributed by atoms with E-state index in [1.807, 2.05) is 0 Å². The summed E-state index contributed by atoms with van der Waals surface area (Å²) in [4.78, 5) is 14.5. The Morgan fingerprint density at radius 3 is 2.83 bits per heavy atom. The molecule has 1 N–H and O–H groups in total. The normalized spacial score (nSPS) is 14.5. The largest absolute Gasteiger partial charge is 0.486 e. The molecule has 0 aliphatic heterocycles. The summed E-state index contributed by atoms with van der Waals surface area (Å²) in [6.45, 7) is 1.22. The Morgan fingerprint density at radius 2 is 2.17 bits per heavy atom. The molecule has 2 aromatic rings. The molecular weight excluding hydrogens is 313 g/mol. The highest BCUT2D eigenvalue weighted by molar-refractivity contribution is 6.03. The number of likely N-dealkylation sites (N-methyl/N-ethyl adjacent to an activating group) is 1. The highest BCUT2D eigenvalue weighted by Crippen LogP contribution is 2.24. The van der Waals surface area contributed by atoms with Gasteiger partial charge in [-0.15, -0.1) is 0 Å². The number of hydrogen-bond donors (Lipinski definition) is 1. The zero-order valence-electron chi connectivity index (χ0n) is 13.5. The van der Waals surface area contributed by atoms with E-state index in [0.29, 0.717) is 24.1 Å². The third-order valence-corrected chi connectivity index (χ3v) is 4.25. The Bertz CT molecular complexity index is 683. The van der Waals surface area contributed by atoms with Crippen LogP contribution in [0.15, 0.2) is 35.0 Å². The van der Waals surface area contributed by atoms with E-state index in [1.165, 1.54) is 49.7 Å². The first-order valence-electron chi connectivity index (χ1n) is 7.98. The monoisotopic (exact) mass is 333 g/mol. The van der Waals surface area contributed by atoms with Crippen molar-refractivity contribution >= 4 is 11.6 Å². The molecule has 128 valence electrons. The Morgan fingerprint density at radius 1 is 1.42 bits per heavy atom. The van der Waals surface area contributed by atoms with Crippen LogP contribution >= 0.6 is 0 Å². The quantitative estimate of drug-likeness (QED) is 0.844. The van der Waals surface area contributed by atoms with Crippen LogP contribution in [0, 0.1) is 5.82 Å². The summed E-state index contributed by atoms with van der Waals surface area (Å²) < 4.78 is 23.5. The van der Waals surface area contributed by atoms with Crippen molar-refractivity contribution in [2.75, 3.05) is 25.5 Å². The van der Waals surface area contributed by atoms with Gasteiger partial charge in [-0.05, 0) is 44.2 Å². The number of hydrogen-bond acceptors (Lipinski definition) is 5. The lowest BCUT2D eigenvalue weighted by molar-refractivity contribution is 0.0978. The molecule has 1 amide bonds. The van der Waals surface area contributed by atoms with E-state index >= 15 is 0 Å². The van der Waals surface area contributed by atoms with Gasteiger partial charge >= 0.3 is 0 Å². The van der Waals surface area contributed by atoms with Gasteiger partial charge in [0.05, 0.1) is 0 Å². The molecular formula is C17H20FN3O3. The summed E-state index contributed by atoms with van der Waals surface area (Å²) in [6, 6.07) is 6.11. The molecule has 1 saturated carbocycles. The summed E-state index contributed by atoms with van der Waals surface area (Å²) in [5.74, 6) is -0.545. The van der Waals surface area contributed by atoms with Crippen molar-refractivity contribution in [3.63, 3.8) is 0 Å². The van der Waals surface area contributed by atoms with Crippen molar-refractivity contribution in [3.05, 3.63) is 42.0 Å². The fourth-order valence-corrected chi connectivity index (χ4v) is 2.52. The van der Waals surface area contributed by atoms with Crippen molar-refractivity contribution in [3.8, 4) is 5.75 Å². The number of ether oxygens (including phenoxy) is 1. The number of nitrogens with one attached hydrogen (secondary N) is 1.